The number of halogens is 1. The highest BCUT2D eigenvalue weighted by atomic mass is 35.5. The first-order valence-corrected chi connectivity index (χ1v) is 9.07. The van der Waals surface area contributed by atoms with Crippen molar-refractivity contribution in [2.75, 3.05) is 25.6 Å². The monoisotopic (exact) mass is 324 g/mol. The molecule has 1 N–H and O–H groups in total. The van der Waals surface area contributed by atoms with Crippen LogP contribution in [-0.2, 0) is 14.6 Å². The summed E-state index contributed by atoms with van der Waals surface area (Å²) in [6.45, 7) is 0.301. The topological polar surface area (TPSA) is 66.5 Å². The van der Waals surface area contributed by atoms with Crippen LogP contribution in [0.15, 0.2) is 0 Å². The SMILES string of the molecule is CN(CCS(C)(=O)=O)C(=O)CC1CC2CCC(C1)N2.Cl. The van der Waals surface area contributed by atoms with E-state index in [-0.39, 0.29) is 24.1 Å². The molecule has 0 aromatic rings. The minimum Gasteiger partial charge on any atom is -0.345 e. The second kappa shape index (κ2) is 7.09. The van der Waals surface area contributed by atoms with Gasteiger partial charge in [-0.3, -0.25) is 4.79 Å². The van der Waals surface area contributed by atoms with E-state index in [0.717, 1.165) is 12.8 Å². The van der Waals surface area contributed by atoms with Crippen LogP contribution >= 0.6 is 12.4 Å². The molecule has 2 aliphatic heterocycles. The molecule has 2 unspecified atom stereocenters. The number of piperidine rings is 1. The van der Waals surface area contributed by atoms with Gasteiger partial charge in [-0.2, -0.15) is 0 Å². The van der Waals surface area contributed by atoms with Gasteiger partial charge < -0.3 is 10.2 Å². The Hall–Kier alpha value is -0.330. The molecule has 0 aliphatic carbocycles. The van der Waals surface area contributed by atoms with E-state index < -0.39 is 9.84 Å². The van der Waals surface area contributed by atoms with Crippen molar-refractivity contribution in [3.8, 4) is 0 Å². The predicted octanol–water partition coefficient (Wildman–Crippen LogP) is 0.832. The fraction of sp³-hybridized carbons (Fsp3) is 0.923. The van der Waals surface area contributed by atoms with Crippen LogP contribution in [-0.4, -0.2) is 56.9 Å². The number of amides is 1. The average molecular weight is 325 g/mol. The summed E-state index contributed by atoms with van der Waals surface area (Å²) in [7, 11) is -1.30. The molecule has 2 rings (SSSR count). The van der Waals surface area contributed by atoms with Crippen LogP contribution in [0.4, 0.5) is 0 Å². The molecule has 2 aliphatic rings. The zero-order valence-electron chi connectivity index (χ0n) is 12.2. The molecule has 5 nitrogen and oxygen atoms in total. The summed E-state index contributed by atoms with van der Waals surface area (Å²) in [5.74, 6) is 0.592. The van der Waals surface area contributed by atoms with Crippen molar-refractivity contribution >= 4 is 28.2 Å². The van der Waals surface area contributed by atoms with Gasteiger partial charge in [-0.15, -0.1) is 12.4 Å². The Morgan fingerprint density at radius 1 is 1.25 bits per heavy atom. The van der Waals surface area contributed by atoms with Crippen LogP contribution in [0.3, 0.4) is 0 Å². The number of rotatable bonds is 5. The first-order chi connectivity index (χ1) is 8.83. The first-order valence-electron chi connectivity index (χ1n) is 7.01. The third-order valence-electron chi connectivity index (χ3n) is 4.26. The molecule has 7 heteroatoms. The maximum atomic E-state index is 12.1. The van der Waals surface area contributed by atoms with Crippen molar-refractivity contribution in [3.05, 3.63) is 0 Å². The molecule has 0 aromatic carbocycles. The lowest BCUT2D eigenvalue weighted by Gasteiger charge is -2.29. The van der Waals surface area contributed by atoms with Gasteiger partial charge in [-0.1, -0.05) is 0 Å². The molecular weight excluding hydrogens is 300 g/mol. The molecule has 2 saturated heterocycles. The van der Waals surface area contributed by atoms with Gasteiger partial charge in [0.2, 0.25) is 5.91 Å². The van der Waals surface area contributed by atoms with Gasteiger partial charge in [-0.25, -0.2) is 8.42 Å². The zero-order valence-corrected chi connectivity index (χ0v) is 13.8. The van der Waals surface area contributed by atoms with E-state index in [9.17, 15) is 13.2 Å². The summed E-state index contributed by atoms with van der Waals surface area (Å²) < 4.78 is 22.2. The number of fused-ring (bicyclic) bond motifs is 2. The van der Waals surface area contributed by atoms with E-state index in [1.807, 2.05) is 0 Å². The van der Waals surface area contributed by atoms with Crippen LogP contribution in [0.25, 0.3) is 0 Å². The van der Waals surface area contributed by atoms with Crippen molar-refractivity contribution in [2.45, 2.75) is 44.2 Å². The van der Waals surface area contributed by atoms with Crippen molar-refractivity contribution in [1.29, 1.82) is 0 Å². The number of carbonyl (C=O) groups excluding carboxylic acids is 1. The molecule has 118 valence electrons. The quantitative estimate of drug-likeness (QED) is 0.813. The molecule has 1 amide bonds. The molecule has 2 bridgehead atoms. The van der Waals surface area contributed by atoms with Crippen molar-refractivity contribution in [1.82, 2.24) is 10.2 Å². The van der Waals surface area contributed by atoms with Crippen molar-refractivity contribution < 1.29 is 13.2 Å². The van der Waals surface area contributed by atoms with Crippen LogP contribution in [0.5, 0.6) is 0 Å². The number of nitrogens with one attached hydrogen (secondary N) is 1. The summed E-state index contributed by atoms with van der Waals surface area (Å²) >= 11 is 0. The van der Waals surface area contributed by atoms with Gasteiger partial charge in [0.05, 0.1) is 5.75 Å². The van der Waals surface area contributed by atoms with E-state index in [2.05, 4.69) is 5.32 Å². The highest BCUT2D eigenvalue weighted by Gasteiger charge is 2.34. The van der Waals surface area contributed by atoms with E-state index >= 15 is 0 Å². The summed E-state index contributed by atoms with van der Waals surface area (Å²) in [5.41, 5.74) is 0. The first kappa shape index (κ1) is 17.7. The fourth-order valence-corrected chi connectivity index (χ4v) is 3.78. The minimum absolute atomic E-state index is 0. The third-order valence-corrected chi connectivity index (χ3v) is 5.18. The molecular formula is C13H25ClN2O3S. The lowest BCUT2D eigenvalue weighted by molar-refractivity contribution is -0.130. The lowest BCUT2D eigenvalue weighted by atomic mass is 9.89. The van der Waals surface area contributed by atoms with Gasteiger partial charge in [0.1, 0.15) is 9.84 Å². The second-order valence-electron chi connectivity index (χ2n) is 6.12. The number of hydrogen-bond donors (Lipinski definition) is 1. The summed E-state index contributed by atoms with van der Waals surface area (Å²) in [4.78, 5) is 13.6. The minimum atomic E-state index is -3.00. The fourth-order valence-electron chi connectivity index (χ4n) is 3.17. The normalized spacial score (nSPS) is 28.8. The van der Waals surface area contributed by atoms with Gasteiger partial charge in [0.25, 0.3) is 0 Å². The Labute approximate surface area is 127 Å². The summed E-state index contributed by atoms with van der Waals surface area (Å²) in [6, 6.07) is 1.19. The third kappa shape index (κ3) is 5.22. The van der Waals surface area contributed by atoms with E-state index in [4.69, 9.17) is 0 Å². The average Bonchev–Trinajstić information content (AvgIpc) is 2.64. The van der Waals surface area contributed by atoms with E-state index in [1.54, 1.807) is 11.9 Å². The number of carbonyl (C=O) groups is 1. The Morgan fingerprint density at radius 3 is 2.30 bits per heavy atom. The molecule has 2 heterocycles. The Morgan fingerprint density at radius 2 is 1.80 bits per heavy atom. The Balaban J connectivity index is 0.00000200. The smallest absolute Gasteiger partial charge is 0.222 e. The predicted molar refractivity (Wildman–Crippen MR) is 81.9 cm³/mol. The van der Waals surface area contributed by atoms with Gasteiger partial charge in [0, 0.05) is 38.4 Å². The lowest BCUT2D eigenvalue weighted by Crippen LogP contribution is -2.40. The molecule has 0 radical (unpaired) electrons. The zero-order chi connectivity index (χ0) is 14.0. The molecule has 0 aromatic heterocycles. The molecule has 2 atom stereocenters. The van der Waals surface area contributed by atoms with Crippen molar-refractivity contribution in [3.63, 3.8) is 0 Å². The number of hydrogen-bond acceptors (Lipinski definition) is 4. The highest BCUT2D eigenvalue weighted by Crippen LogP contribution is 2.32. The van der Waals surface area contributed by atoms with Crippen LogP contribution in [0.2, 0.25) is 0 Å². The number of nitrogens with zero attached hydrogens (tertiary/aromatic N) is 1. The molecule has 0 saturated carbocycles. The maximum absolute atomic E-state index is 12.1. The van der Waals surface area contributed by atoms with E-state index in [1.165, 1.54) is 19.1 Å². The largest absolute Gasteiger partial charge is 0.345 e. The molecule has 2 fully saturated rings. The summed E-state index contributed by atoms with van der Waals surface area (Å²) in [5, 5.41) is 3.56. The van der Waals surface area contributed by atoms with Gasteiger partial charge in [0.15, 0.2) is 0 Å². The van der Waals surface area contributed by atoms with Crippen molar-refractivity contribution in [2.24, 2.45) is 5.92 Å². The van der Waals surface area contributed by atoms with E-state index in [0.29, 0.717) is 31.0 Å². The highest BCUT2D eigenvalue weighted by molar-refractivity contribution is 7.90. The van der Waals surface area contributed by atoms with Crippen LogP contribution in [0, 0.1) is 5.92 Å². The van der Waals surface area contributed by atoms with Crippen LogP contribution < -0.4 is 5.32 Å². The van der Waals surface area contributed by atoms with Gasteiger partial charge >= 0.3 is 0 Å². The summed E-state index contributed by atoms with van der Waals surface area (Å²) in [6.07, 6.45) is 6.41. The number of sulfone groups is 1. The maximum Gasteiger partial charge on any atom is 0.222 e. The van der Waals surface area contributed by atoms with Crippen LogP contribution in [0.1, 0.15) is 32.1 Å². The Kier molecular flexibility index (Phi) is 6.28. The Bertz CT molecular complexity index is 429. The molecule has 20 heavy (non-hydrogen) atoms. The standard InChI is InChI=1S/C13H24N2O3S.ClH/c1-15(5-6-19(2,17)18)13(16)9-10-7-11-3-4-12(8-10)14-11;/h10-12,14H,3-9H2,1-2H3;1H. The molecule has 0 spiro atoms. The second-order valence-corrected chi connectivity index (χ2v) is 8.38. The van der Waals surface area contributed by atoms with Gasteiger partial charge in [-0.05, 0) is 31.6 Å².